The highest BCUT2D eigenvalue weighted by Gasteiger charge is 2.72. The van der Waals surface area contributed by atoms with E-state index in [1.165, 1.54) is 0 Å². The van der Waals surface area contributed by atoms with Crippen molar-refractivity contribution in [2.75, 3.05) is 0 Å². The van der Waals surface area contributed by atoms with Crippen molar-refractivity contribution >= 4 is 58.6 Å². The van der Waals surface area contributed by atoms with Gasteiger partial charge < -0.3 is 0 Å². The second kappa shape index (κ2) is 7.21. The van der Waals surface area contributed by atoms with Gasteiger partial charge in [-0.25, -0.2) is 0 Å². The second-order valence-electron chi connectivity index (χ2n) is 14.0. The average molecular weight is 480 g/mol. The van der Waals surface area contributed by atoms with Crippen LogP contribution in [0.3, 0.4) is 0 Å². The highest BCUT2D eigenvalue weighted by molar-refractivity contribution is 8.16. The Morgan fingerprint density at radius 3 is 0.680 bits per heavy atom. The van der Waals surface area contributed by atoms with Gasteiger partial charge in [-0.3, -0.25) is 0 Å². The smallest absolute Gasteiger partial charge is 0.0311 e. The normalized spacial score (nSPS) is 16.6. The molecule has 8 heteroatoms. The first-order valence-corrected chi connectivity index (χ1v) is 41.2. The van der Waals surface area contributed by atoms with Crippen LogP contribution < -0.4 is 0 Å². The molecule has 1 radical (unpaired) electrons. The summed E-state index contributed by atoms with van der Waals surface area (Å²) < 4.78 is 0. The van der Waals surface area contributed by atoms with E-state index in [-0.39, 0.29) is 7.35 Å². The molecule has 0 fully saturated rings. The highest BCUT2D eigenvalue weighted by atomic mass is 30.3. The van der Waals surface area contributed by atoms with E-state index in [0.29, 0.717) is 0 Å². The van der Waals surface area contributed by atoms with Gasteiger partial charge in [0.1, 0.15) is 0 Å². The first-order chi connectivity index (χ1) is 10.4. The Morgan fingerprint density at radius 1 is 0.360 bits per heavy atom. The predicted molar refractivity (Wildman–Crippen MR) is 146 cm³/mol. The fourth-order valence-electron chi connectivity index (χ4n) is 9.38. The monoisotopic (exact) mass is 479 g/mol. The molecule has 0 aliphatic carbocycles. The van der Waals surface area contributed by atoms with Gasteiger partial charge in [-0.1, -0.05) is 111 Å². The third-order valence-corrected chi connectivity index (χ3v) is 191. The zero-order valence-electron chi connectivity index (χ0n) is 21.0. The second-order valence-corrected chi connectivity index (χ2v) is 100. The quantitative estimate of drug-likeness (QED) is 0.349. The average Bonchev–Trinajstić information content (AvgIpc) is 1.99. The van der Waals surface area contributed by atoms with Crippen LogP contribution in [-0.4, -0.2) is 58.6 Å². The van der Waals surface area contributed by atoms with Crippen LogP contribution in [0.15, 0.2) is 0 Å². The summed E-state index contributed by atoms with van der Waals surface area (Å²) in [4.78, 5) is 0. The third-order valence-electron chi connectivity index (χ3n) is 6.44. The molecule has 0 rings (SSSR count). The summed E-state index contributed by atoms with van der Waals surface area (Å²) in [5.41, 5.74) is 0. The van der Waals surface area contributed by atoms with Crippen LogP contribution in [0.1, 0.15) is 0 Å². The SMILES string of the molecule is C[Si](C)(C)[Si]([Si](C)(C)C)[Si](C)(C)[Si]([Si](C)(C)C)([Si](C)(C)C)[Si](C)(C)C. The first-order valence-electron chi connectivity index (χ1n) is 10.2. The summed E-state index contributed by atoms with van der Waals surface area (Å²) in [6, 6.07) is 0. The van der Waals surface area contributed by atoms with Gasteiger partial charge in [0.05, 0.1) is 0 Å². The van der Waals surface area contributed by atoms with Gasteiger partial charge in [0, 0.05) is 58.6 Å². The van der Waals surface area contributed by atoms with Crippen molar-refractivity contribution in [1.82, 2.24) is 0 Å². The zero-order valence-corrected chi connectivity index (χ0v) is 29.0. The van der Waals surface area contributed by atoms with E-state index >= 15 is 0 Å². The molecule has 0 nitrogen and oxygen atoms in total. The van der Waals surface area contributed by atoms with Crippen LogP contribution in [-0.2, 0) is 0 Å². The summed E-state index contributed by atoms with van der Waals surface area (Å²) in [5.74, 6) is 0. The van der Waals surface area contributed by atoms with Crippen molar-refractivity contribution in [3.05, 3.63) is 0 Å². The van der Waals surface area contributed by atoms with Gasteiger partial charge in [0.2, 0.25) is 0 Å². The Balaban J connectivity index is 7.28. The lowest BCUT2D eigenvalue weighted by Crippen LogP contribution is -2.98. The maximum atomic E-state index is 3.00. The summed E-state index contributed by atoms with van der Waals surface area (Å²) in [6.07, 6.45) is -1.24. The fraction of sp³-hybridized carbons (Fsp3) is 1.00. The van der Waals surface area contributed by atoms with Gasteiger partial charge in [-0.05, 0) is 0 Å². The highest BCUT2D eigenvalue weighted by Crippen LogP contribution is 2.46. The molecule has 151 valence electrons. The lowest BCUT2D eigenvalue weighted by molar-refractivity contribution is 1.74. The Bertz CT molecular complexity index is 413. The molecule has 0 unspecified atom stereocenters. The third kappa shape index (κ3) is 4.67. The van der Waals surface area contributed by atoms with Crippen LogP contribution in [0.4, 0.5) is 0 Å². The van der Waals surface area contributed by atoms with E-state index in [9.17, 15) is 0 Å². The van der Waals surface area contributed by atoms with Crippen LogP contribution in [0.5, 0.6) is 0 Å². The van der Waals surface area contributed by atoms with Crippen LogP contribution in [0.2, 0.25) is 111 Å². The summed E-state index contributed by atoms with van der Waals surface area (Å²) in [5, 5.41) is 0. The Hall–Kier alpha value is 1.74. The largest absolute Gasteiger partial charge is 0.0743 e. The topological polar surface area (TPSA) is 0 Å². The number of rotatable bonds is 7. The molecule has 0 aromatic carbocycles. The van der Waals surface area contributed by atoms with Gasteiger partial charge >= 0.3 is 0 Å². The lowest BCUT2D eigenvalue weighted by atomic mass is 11.8. The van der Waals surface area contributed by atoms with Crippen molar-refractivity contribution in [3.8, 4) is 0 Å². The van der Waals surface area contributed by atoms with Gasteiger partial charge in [0.25, 0.3) is 0 Å². The van der Waals surface area contributed by atoms with Crippen LogP contribution in [0, 0.1) is 0 Å². The van der Waals surface area contributed by atoms with E-state index < -0.39 is 51.2 Å². The Morgan fingerprint density at radius 2 is 0.560 bits per heavy atom. The Labute approximate surface area is 169 Å². The molecular formula is C17H51Si8. The fourth-order valence-corrected chi connectivity index (χ4v) is 344. The van der Waals surface area contributed by atoms with Gasteiger partial charge in [-0.15, -0.1) is 0 Å². The van der Waals surface area contributed by atoms with Crippen molar-refractivity contribution < 1.29 is 0 Å². The van der Waals surface area contributed by atoms with E-state index in [2.05, 4.69) is 111 Å². The van der Waals surface area contributed by atoms with Crippen LogP contribution in [0.25, 0.3) is 0 Å². The molecule has 0 bridgehead atoms. The number of hydrogen-bond donors (Lipinski definition) is 0. The maximum Gasteiger partial charge on any atom is 0.0311 e. The summed E-state index contributed by atoms with van der Waals surface area (Å²) in [7, 11) is -7.08. The molecule has 0 aliphatic rings. The van der Waals surface area contributed by atoms with Crippen molar-refractivity contribution in [1.29, 1.82) is 0 Å². The molecule has 0 heterocycles. The Kier molecular flexibility index (Phi) is 7.71. The number of hydrogen-bond acceptors (Lipinski definition) is 0. The van der Waals surface area contributed by atoms with Gasteiger partial charge in [0.15, 0.2) is 0 Å². The molecule has 0 N–H and O–H groups in total. The summed E-state index contributed by atoms with van der Waals surface area (Å²) >= 11 is 0. The molecule has 25 heavy (non-hydrogen) atoms. The van der Waals surface area contributed by atoms with E-state index in [1.54, 1.807) is 0 Å². The summed E-state index contributed by atoms with van der Waals surface area (Å²) in [6.45, 7) is 48.1. The van der Waals surface area contributed by atoms with Crippen molar-refractivity contribution in [3.63, 3.8) is 0 Å². The molecule has 0 saturated heterocycles. The minimum atomic E-state index is -1.24. The molecular weight excluding hydrogens is 429 g/mol. The first kappa shape index (κ1) is 26.7. The minimum Gasteiger partial charge on any atom is -0.0743 e. The van der Waals surface area contributed by atoms with Crippen molar-refractivity contribution in [2.45, 2.75) is 111 Å². The molecule has 0 aliphatic heterocycles. The molecule has 0 atom stereocenters. The van der Waals surface area contributed by atoms with Gasteiger partial charge in [-0.2, -0.15) is 0 Å². The molecule has 0 amide bonds. The molecule has 0 spiro atoms. The van der Waals surface area contributed by atoms with E-state index in [0.717, 1.165) is 0 Å². The maximum absolute atomic E-state index is 3.00. The van der Waals surface area contributed by atoms with E-state index in [1.807, 2.05) is 0 Å². The van der Waals surface area contributed by atoms with E-state index in [4.69, 9.17) is 0 Å². The minimum absolute atomic E-state index is 0.173. The standard InChI is InChI=1S/C17H51Si8/c1-19(2,3)18(20(4,5)6)24(16,17)25(21(7,8)9,22(10,11)12)23(13,14)15/h1-17H3. The van der Waals surface area contributed by atoms with Crippen LogP contribution >= 0.6 is 0 Å². The molecule has 0 saturated carbocycles. The van der Waals surface area contributed by atoms with Crippen molar-refractivity contribution in [2.24, 2.45) is 0 Å². The molecule has 0 aromatic rings. The molecule has 0 aromatic heterocycles. The lowest BCUT2D eigenvalue weighted by Gasteiger charge is -2.68. The predicted octanol–water partition coefficient (Wildman–Crippen LogP) is 6.88. The zero-order chi connectivity index (χ0) is 21.1.